The fourth-order valence-corrected chi connectivity index (χ4v) is 3.29. The molecule has 1 fully saturated rings. The van der Waals surface area contributed by atoms with Crippen LogP contribution in [0.5, 0.6) is 0 Å². The van der Waals surface area contributed by atoms with Gasteiger partial charge in [0.25, 0.3) is 0 Å². The number of urea groups is 1. The highest BCUT2D eigenvalue weighted by Crippen LogP contribution is 2.35. The molecular formula is C17H22N8O2. The molecule has 2 aliphatic rings. The molecule has 142 valence electrons. The van der Waals surface area contributed by atoms with Gasteiger partial charge in [0.15, 0.2) is 0 Å². The number of hydrogen-bond acceptors (Lipinski definition) is 8. The number of ether oxygens (including phenoxy) is 1. The summed E-state index contributed by atoms with van der Waals surface area (Å²) in [5.41, 5.74) is 8.05. The third kappa shape index (κ3) is 3.35. The van der Waals surface area contributed by atoms with E-state index in [0.29, 0.717) is 57.6 Å². The van der Waals surface area contributed by atoms with E-state index in [9.17, 15) is 4.79 Å². The lowest BCUT2D eigenvalue weighted by Gasteiger charge is -2.28. The first kappa shape index (κ1) is 17.4. The van der Waals surface area contributed by atoms with Gasteiger partial charge in [-0.3, -0.25) is 4.90 Å². The number of nitrogens with two attached hydrogens (primary N) is 1. The second kappa shape index (κ2) is 7.31. The lowest BCUT2D eigenvalue weighted by Crippen LogP contribution is -2.40. The van der Waals surface area contributed by atoms with Crippen LogP contribution in [0.1, 0.15) is 12.5 Å². The number of amides is 2. The Morgan fingerprint density at radius 1 is 1.22 bits per heavy atom. The molecule has 0 unspecified atom stereocenters. The van der Waals surface area contributed by atoms with E-state index in [-0.39, 0.29) is 12.0 Å². The highest BCUT2D eigenvalue weighted by atomic mass is 16.5. The largest absolute Gasteiger partial charge is 0.378 e. The summed E-state index contributed by atoms with van der Waals surface area (Å²) in [6.07, 6.45) is 3.99. The summed E-state index contributed by atoms with van der Waals surface area (Å²) in [5, 5.41) is 2.85. The topological polar surface area (TPSA) is 122 Å². The van der Waals surface area contributed by atoms with Crippen LogP contribution in [0.25, 0.3) is 11.3 Å². The van der Waals surface area contributed by atoms with Crippen LogP contribution in [0.3, 0.4) is 0 Å². The number of carbonyl (C=O) groups excluding carboxylic acids is 1. The molecular weight excluding hydrogens is 348 g/mol. The zero-order chi connectivity index (χ0) is 18.8. The van der Waals surface area contributed by atoms with E-state index in [1.165, 1.54) is 0 Å². The van der Waals surface area contributed by atoms with Crippen LogP contribution in [0, 0.1) is 0 Å². The molecule has 2 amide bonds. The number of fused-ring (bicyclic) bond motifs is 1. The Morgan fingerprint density at radius 2 is 1.96 bits per heavy atom. The molecule has 0 bridgehead atoms. The predicted octanol–water partition coefficient (Wildman–Crippen LogP) is 0.444. The van der Waals surface area contributed by atoms with Gasteiger partial charge in [0.05, 0.1) is 18.9 Å². The average molecular weight is 370 g/mol. The number of anilines is 3. The maximum absolute atomic E-state index is 12.5. The van der Waals surface area contributed by atoms with Crippen LogP contribution < -0.4 is 20.9 Å². The first-order valence-corrected chi connectivity index (χ1v) is 9.04. The Hall–Kier alpha value is -3.01. The maximum atomic E-state index is 12.5. The summed E-state index contributed by atoms with van der Waals surface area (Å²) in [6.45, 7) is 5.68. The van der Waals surface area contributed by atoms with Crippen molar-refractivity contribution in [3.8, 4) is 11.3 Å². The zero-order valence-corrected chi connectivity index (χ0v) is 15.2. The molecule has 0 saturated carbocycles. The van der Waals surface area contributed by atoms with Gasteiger partial charge in [-0.2, -0.15) is 4.98 Å². The summed E-state index contributed by atoms with van der Waals surface area (Å²) in [4.78, 5) is 33.9. The van der Waals surface area contributed by atoms with Gasteiger partial charge in [-0.1, -0.05) is 0 Å². The van der Waals surface area contributed by atoms with Crippen molar-refractivity contribution in [3.63, 3.8) is 0 Å². The molecule has 0 aromatic carbocycles. The van der Waals surface area contributed by atoms with Gasteiger partial charge in [-0.05, 0) is 13.3 Å². The first-order chi connectivity index (χ1) is 13.2. The van der Waals surface area contributed by atoms with E-state index in [1.54, 1.807) is 17.3 Å². The SMILES string of the molecule is CCNC(=O)N1CCc2c(-c3cnc(N)nc3)nc(N3CCOCC3)nc21. The summed E-state index contributed by atoms with van der Waals surface area (Å²) in [6, 6.07) is -0.151. The van der Waals surface area contributed by atoms with Crippen molar-refractivity contribution in [2.24, 2.45) is 0 Å². The molecule has 27 heavy (non-hydrogen) atoms. The number of aromatic nitrogens is 4. The number of rotatable bonds is 3. The highest BCUT2D eigenvalue weighted by molar-refractivity contribution is 5.94. The number of nitrogen functional groups attached to an aromatic ring is 1. The van der Waals surface area contributed by atoms with Crippen molar-refractivity contribution in [3.05, 3.63) is 18.0 Å². The third-order valence-electron chi connectivity index (χ3n) is 4.63. The van der Waals surface area contributed by atoms with E-state index in [4.69, 9.17) is 20.4 Å². The number of nitrogens with one attached hydrogen (secondary N) is 1. The molecule has 2 aromatic heterocycles. The van der Waals surface area contributed by atoms with Crippen molar-refractivity contribution in [2.75, 3.05) is 54.9 Å². The lowest BCUT2D eigenvalue weighted by molar-refractivity contribution is 0.122. The van der Waals surface area contributed by atoms with Gasteiger partial charge in [0.1, 0.15) is 5.82 Å². The number of hydrogen-bond donors (Lipinski definition) is 2. The molecule has 1 saturated heterocycles. The molecule has 0 radical (unpaired) electrons. The van der Waals surface area contributed by atoms with E-state index in [2.05, 4.69) is 20.2 Å². The predicted molar refractivity (Wildman–Crippen MR) is 101 cm³/mol. The van der Waals surface area contributed by atoms with E-state index < -0.39 is 0 Å². The minimum atomic E-state index is -0.151. The molecule has 2 aliphatic heterocycles. The quantitative estimate of drug-likeness (QED) is 0.798. The molecule has 4 rings (SSSR count). The van der Waals surface area contributed by atoms with Crippen molar-refractivity contribution in [1.82, 2.24) is 25.3 Å². The first-order valence-electron chi connectivity index (χ1n) is 9.04. The van der Waals surface area contributed by atoms with Crippen molar-refractivity contribution >= 4 is 23.7 Å². The summed E-state index contributed by atoms with van der Waals surface area (Å²) >= 11 is 0. The van der Waals surface area contributed by atoms with Crippen LogP contribution in [0.15, 0.2) is 12.4 Å². The normalized spacial score (nSPS) is 16.3. The second-order valence-corrected chi connectivity index (χ2v) is 6.34. The lowest BCUT2D eigenvalue weighted by atomic mass is 10.1. The minimum Gasteiger partial charge on any atom is -0.378 e. The summed E-state index contributed by atoms with van der Waals surface area (Å²) in [5.74, 6) is 1.44. The molecule has 0 aliphatic carbocycles. The van der Waals surface area contributed by atoms with Gasteiger partial charge in [0, 0.05) is 49.7 Å². The zero-order valence-electron chi connectivity index (χ0n) is 15.2. The van der Waals surface area contributed by atoms with Crippen LogP contribution in [-0.4, -0.2) is 65.4 Å². The summed E-state index contributed by atoms with van der Waals surface area (Å²) in [7, 11) is 0. The van der Waals surface area contributed by atoms with Crippen LogP contribution in [0.2, 0.25) is 0 Å². The van der Waals surface area contributed by atoms with Crippen LogP contribution in [-0.2, 0) is 11.2 Å². The highest BCUT2D eigenvalue weighted by Gasteiger charge is 2.31. The fraction of sp³-hybridized carbons (Fsp3) is 0.471. The smallest absolute Gasteiger partial charge is 0.323 e. The molecule has 3 N–H and O–H groups in total. The Morgan fingerprint density at radius 3 is 2.67 bits per heavy atom. The maximum Gasteiger partial charge on any atom is 0.323 e. The third-order valence-corrected chi connectivity index (χ3v) is 4.63. The molecule has 10 nitrogen and oxygen atoms in total. The van der Waals surface area contributed by atoms with Gasteiger partial charge in [0.2, 0.25) is 11.9 Å². The molecule has 2 aromatic rings. The van der Waals surface area contributed by atoms with Crippen LogP contribution in [0.4, 0.5) is 22.5 Å². The number of nitrogens with zero attached hydrogens (tertiary/aromatic N) is 6. The second-order valence-electron chi connectivity index (χ2n) is 6.34. The minimum absolute atomic E-state index is 0.151. The van der Waals surface area contributed by atoms with E-state index >= 15 is 0 Å². The van der Waals surface area contributed by atoms with Gasteiger partial charge < -0.3 is 20.7 Å². The number of morpholine rings is 1. The average Bonchev–Trinajstić information content (AvgIpc) is 3.13. The number of carbonyl (C=O) groups is 1. The molecule has 0 atom stereocenters. The fourth-order valence-electron chi connectivity index (χ4n) is 3.29. The molecule has 0 spiro atoms. The van der Waals surface area contributed by atoms with Crippen LogP contribution >= 0.6 is 0 Å². The van der Waals surface area contributed by atoms with Gasteiger partial charge >= 0.3 is 6.03 Å². The van der Waals surface area contributed by atoms with E-state index in [1.807, 2.05) is 6.92 Å². The Labute approximate surface area is 156 Å². The molecule has 10 heteroatoms. The Kier molecular flexibility index (Phi) is 4.71. The van der Waals surface area contributed by atoms with Gasteiger partial charge in [-0.15, -0.1) is 0 Å². The van der Waals surface area contributed by atoms with Gasteiger partial charge in [-0.25, -0.2) is 19.7 Å². The monoisotopic (exact) mass is 370 g/mol. The van der Waals surface area contributed by atoms with Crippen molar-refractivity contribution in [1.29, 1.82) is 0 Å². The summed E-state index contributed by atoms with van der Waals surface area (Å²) < 4.78 is 5.43. The van der Waals surface area contributed by atoms with Crippen molar-refractivity contribution < 1.29 is 9.53 Å². The Balaban J connectivity index is 1.80. The van der Waals surface area contributed by atoms with Crippen molar-refractivity contribution in [2.45, 2.75) is 13.3 Å². The van der Waals surface area contributed by atoms with E-state index in [0.717, 1.165) is 16.8 Å². The molecule has 4 heterocycles. The Bertz CT molecular complexity index is 836. The standard InChI is InChI=1S/C17H22N8O2/c1-2-19-17(26)25-4-3-12-13(11-9-20-15(18)21-10-11)22-16(23-14(12)25)24-5-7-27-8-6-24/h9-10H,2-8H2,1H3,(H,19,26)(H2,18,20,21).